The van der Waals surface area contributed by atoms with Crippen LogP contribution < -0.4 is 4.43 Å². The van der Waals surface area contributed by atoms with Gasteiger partial charge in [0.05, 0.1) is 18.8 Å². The van der Waals surface area contributed by atoms with Crippen LogP contribution in [0, 0.1) is 17.8 Å². The smallest absolute Gasteiger partial charge is 0.338 e. The summed E-state index contributed by atoms with van der Waals surface area (Å²) in [6.07, 6.45) is 12.1. The third-order valence-electron chi connectivity index (χ3n) is 9.69. The molecule has 4 aliphatic rings. The molecule has 2 aromatic carbocycles. The number of aliphatic hydroxyl groups excluding tert-OH is 1. The first-order chi connectivity index (χ1) is 19.5. The molecule has 222 valence electrons. The minimum Gasteiger partial charge on any atom is -0.547 e. The van der Waals surface area contributed by atoms with E-state index in [4.69, 9.17) is 9.16 Å². The quantitative estimate of drug-likeness (QED) is 0.231. The molecule has 0 radical (unpaired) electrons. The van der Waals surface area contributed by atoms with Crippen molar-refractivity contribution in [2.75, 3.05) is 13.2 Å². The highest BCUT2D eigenvalue weighted by Crippen LogP contribution is 2.63. The lowest BCUT2D eigenvalue weighted by Crippen LogP contribution is -2.49. The molecule has 2 aromatic rings. The van der Waals surface area contributed by atoms with Crippen LogP contribution >= 0.6 is 0 Å². The van der Waals surface area contributed by atoms with Gasteiger partial charge in [-0.1, -0.05) is 51.1 Å². The van der Waals surface area contributed by atoms with Crippen molar-refractivity contribution >= 4 is 20.6 Å². The molecule has 0 spiro atoms. The second kappa shape index (κ2) is 12.1. The van der Waals surface area contributed by atoms with Crippen LogP contribution in [0.15, 0.2) is 42.5 Å². The van der Waals surface area contributed by atoms with E-state index in [0.29, 0.717) is 12.2 Å². The van der Waals surface area contributed by atoms with Crippen LogP contribution in [0.25, 0.3) is 5.57 Å². The Bertz CT molecular complexity index is 1250. The Morgan fingerprint density at radius 3 is 2.22 bits per heavy atom. The summed E-state index contributed by atoms with van der Waals surface area (Å²) in [5.74, 6) is 3.50. The Kier molecular flexibility index (Phi) is 8.87. The molecular formula is C36H50O4Si. The van der Waals surface area contributed by atoms with Gasteiger partial charge in [0.15, 0.2) is 0 Å². The number of aliphatic hydroxyl groups is 1. The van der Waals surface area contributed by atoms with Gasteiger partial charge in [-0.3, -0.25) is 0 Å². The lowest BCUT2D eigenvalue weighted by Gasteiger charge is -2.58. The molecule has 0 atom stereocenters. The van der Waals surface area contributed by atoms with Crippen LogP contribution in [-0.2, 0) is 22.0 Å². The minimum absolute atomic E-state index is 0.0573. The van der Waals surface area contributed by atoms with Crippen molar-refractivity contribution in [3.8, 4) is 5.75 Å². The number of esters is 1. The maximum absolute atomic E-state index is 12.3. The van der Waals surface area contributed by atoms with E-state index in [1.54, 1.807) is 11.6 Å². The van der Waals surface area contributed by atoms with E-state index < -0.39 is 9.04 Å². The summed E-state index contributed by atoms with van der Waals surface area (Å²) in [6, 6.07) is 12.1. The molecule has 0 unspecified atom stereocenters. The van der Waals surface area contributed by atoms with Crippen molar-refractivity contribution in [3.63, 3.8) is 0 Å². The van der Waals surface area contributed by atoms with Gasteiger partial charge in [0.25, 0.3) is 0 Å². The van der Waals surface area contributed by atoms with Gasteiger partial charge in [-0.05, 0) is 129 Å². The number of carbonyl (C=O) groups excluding carboxylic acids is 1. The van der Waals surface area contributed by atoms with E-state index in [1.165, 1.54) is 55.4 Å². The average molecular weight is 575 g/mol. The molecule has 1 N–H and O–H groups in total. The number of allylic oxidation sites excluding steroid dienone is 1. The van der Waals surface area contributed by atoms with Gasteiger partial charge in [0.2, 0.25) is 9.04 Å². The fourth-order valence-electron chi connectivity index (χ4n) is 8.50. The van der Waals surface area contributed by atoms with Crippen molar-refractivity contribution in [1.29, 1.82) is 0 Å². The van der Waals surface area contributed by atoms with Gasteiger partial charge in [0, 0.05) is 11.0 Å². The predicted octanol–water partition coefficient (Wildman–Crippen LogP) is 8.00. The highest BCUT2D eigenvalue weighted by atomic mass is 28.3. The van der Waals surface area contributed by atoms with Crippen LogP contribution in [-0.4, -0.2) is 33.3 Å². The van der Waals surface area contributed by atoms with E-state index in [-0.39, 0.29) is 23.4 Å². The summed E-state index contributed by atoms with van der Waals surface area (Å²) in [5.41, 5.74) is 6.86. The number of aryl methyl sites for hydroxylation is 1. The van der Waals surface area contributed by atoms with Gasteiger partial charge in [-0.15, -0.1) is 0 Å². The Hall–Kier alpha value is -2.37. The number of hydrogen-bond donors (Lipinski definition) is 1. The van der Waals surface area contributed by atoms with Crippen LogP contribution in [0.2, 0.25) is 13.1 Å². The summed E-state index contributed by atoms with van der Waals surface area (Å²) in [5, 5.41) is 10.2. The Morgan fingerprint density at radius 1 is 1.02 bits per heavy atom. The first-order valence-electron chi connectivity index (χ1n) is 15.9. The molecule has 0 heterocycles. The first kappa shape index (κ1) is 30.1. The largest absolute Gasteiger partial charge is 0.547 e. The fourth-order valence-corrected chi connectivity index (χ4v) is 9.24. The van der Waals surface area contributed by atoms with Crippen LogP contribution in [0.3, 0.4) is 0 Å². The van der Waals surface area contributed by atoms with Crippen LogP contribution in [0.4, 0.5) is 0 Å². The molecule has 41 heavy (non-hydrogen) atoms. The molecule has 4 nitrogen and oxygen atoms in total. The summed E-state index contributed by atoms with van der Waals surface area (Å²) in [6.45, 7) is 13.7. The van der Waals surface area contributed by atoms with E-state index in [1.807, 2.05) is 25.1 Å². The van der Waals surface area contributed by atoms with Crippen molar-refractivity contribution < 1.29 is 19.1 Å². The second-order valence-corrected chi connectivity index (χ2v) is 16.7. The molecule has 4 saturated carbocycles. The van der Waals surface area contributed by atoms with Crippen molar-refractivity contribution in [2.45, 2.75) is 103 Å². The number of benzene rings is 2. The first-order valence-corrected chi connectivity index (χ1v) is 18.7. The van der Waals surface area contributed by atoms with Crippen molar-refractivity contribution in [3.05, 3.63) is 70.3 Å². The van der Waals surface area contributed by atoms with Crippen molar-refractivity contribution in [2.24, 2.45) is 17.8 Å². The van der Waals surface area contributed by atoms with E-state index in [2.05, 4.69) is 52.1 Å². The average Bonchev–Trinajstić information content (AvgIpc) is 2.90. The zero-order valence-corrected chi connectivity index (χ0v) is 27.2. The molecule has 0 aliphatic heterocycles. The molecule has 6 rings (SSSR count). The van der Waals surface area contributed by atoms with Gasteiger partial charge in [-0.25, -0.2) is 4.79 Å². The lowest BCUT2D eigenvalue weighted by molar-refractivity contribution is -0.00662. The number of hydrogen-bond acceptors (Lipinski definition) is 4. The normalized spacial score (nSPS) is 25.6. The molecule has 4 aliphatic carbocycles. The van der Waals surface area contributed by atoms with Crippen LogP contribution in [0.5, 0.6) is 5.75 Å². The second-order valence-electron chi connectivity index (χ2n) is 14.3. The highest BCUT2D eigenvalue weighted by molar-refractivity contribution is 6.49. The summed E-state index contributed by atoms with van der Waals surface area (Å²) >= 11 is 0. The number of ether oxygens (including phenoxy) is 1. The van der Waals surface area contributed by atoms with E-state index in [9.17, 15) is 9.90 Å². The van der Waals surface area contributed by atoms with E-state index >= 15 is 0 Å². The minimum atomic E-state index is -1.36. The maximum Gasteiger partial charge on any atom is 0.338 e. The van der Waals surface area contributed by atoms with E-state index in [0.717, 1.165) is 41.7 Å². The topological polar surface area (TPSA) is 55.8 Å². The predicted molar refractivity (Wildman–Crippen MR) is 170 cm³/mol. The molecular weight excluding hydrogens is 524 g/mol. The lowest BCUT2D eigenvalue weighted by atomic mass is 9.47. The Balaban J connectivity index is 1.49. The standard InChI is InChI=1S/C36H50O4Si/c1-7-39-34(38)29-12-9-11-28(19-29)30(23-37)13-8-10-27-14-15-31(35(2,3)4)32(33(27)40-41(5)6)36-20-24-16-25(21-36)18-26(17-24)22-36/h9,11-15,19,24-26,37,41H,7-8,10,16-18,20-23H2,1-6H3. The van der Waals surface area contributed by atoms with Gasteiger partial charge in [-0.2, -0.15) is 0 Å². The Morgan fingerprint density at radius 2 is 1.66 bits per heavy atom. The molecule has 5 heteroatoms. The summed E-state index contributed by atoms with van der Waals surface area (Å²) in [4.78, 5) is 12.3. The fraction of sp³-hybridized carbons (Fsp3) is 0.583. The zero-order chi connectivity index (χ0) is 29.4. The van der Waals surface area contributed by atoms with Gasteiger partial charge >= 0.3 is 5.97 Å². The van der Waals surface area contributed by atoms with Gasteiger partial charge in [0.1, 0.15) is 5.75 Å². The molecule has 4 bridgehead atoms. The molecule has 0 saturated heterocycles. The Labute approximate surface area is 249 Å². The van der Waals surface area contributed by atoms with Crippen LogP contribution in [0.1, 0.15) is 105 Å². The summed E-state index contributed by atoms with van der Waals surface area (Å²) in [7, 11) is -1.36. The molecule has 4 fully saturated rings. The zero-order valence-electron chi connectivity index (χ0n) is 26.1. The molecule has 0 aromatic heterocycles. The monoisotopic (exact) mass is 574 g/mol. The van der Waals surface area contributed by atoms with Gasteiger partial charge < -0.3 is 14.3 Å². The molecule has 0 amide bonds. The third-order valence-corrected chi connectivity index (χ3v) is 10.4. The van der Waals surface area contributed by atoms with Crippen molar-refractivity contribution in [1.82, 2.24) is 0 Å². The SMILES string of the molecule is CCOC(=O)c1cccc(C(=CCCc2ccc(C(C)(C)C)c(C34CC5CC(CC(C5)C3)C4)c2O[SiH](C)C)CO)c1. The summed E-state index contributed by atoms with van der Waals surface area (Å²) < 4.78 is 12.1. The number of carbonyl (C=O) groups is 1. The highest BCUT2D eigenvalue weighted by Gasteiger charge is 2.53. The maximum atomic E-state index is 12.3. The number of rotatable bonds is 10. The third kappa shape index (κ3) is 6.36.